The number of rotatable bonds is 2. The summed E-state index contributed by atoms with van der Waals surface area (Å²) in [6, 6.07) is 3.78. The Bertz CT molecular complexity index is 543. The summed E-state index contributed by atoms with van der Waals surface area (Å²) >= 11 is 0. The van der Waals surface area contributed by atoms with E-state index in [1.165, 1.54) is 7.11 Å². The van der Waals surface area contributed by atoms with Crippen LogP contribution < -0.4 is 0 Å². The van der Waals surface area contributed by atoms with E-state index in [1.807, 2.05) is 26.0 Å². The molecular formula is C12H13N3O2. The molecule has 0 aliphatic rings. The molecule has 0 radical (unpaired) electrons. The third-order valence-corrected chi connectivity index (χ3v) is 2.46. The predicted octanol–water partition coefficient (Wildman–Crippen LogP) is 1.67. The highest BCUT2D eigenvalue weighted by Crippen LogP contribution is 2.14. The lowest BCUT2D eigenvalue weighted by atomic mass is 10.3. The molecule has 0 spiro atoms. The van der Waals surface area contributed by atoms with Crippen LogP contribution in [0.1, 0.15) is 22.0 Å². The van der Waals surface area contributed by atoms with Crippen molar-refractivity contribution in [3.05, 3.63) is 41.7 Å². The maximum absolute atomic E-state index is 11.6. The zero-order valence-corrected chi connectivity index (χ0v) is 9.97. The van der Waals surface area contributed by atoms with Gasteiger partial charge < -0.3 is 4.74 Å². The van der Waals surface area contributed by atoms with Gasteiger partial charge in [-0.05, 0) is 26.0 Å². The highest BCUT2D eigenvalue weighted by atomic mass is 16.5. The number of carbonyl (C=O) groups excluding carboxylic acids is 1. The first-order valence-corrected chi connectivity index (χ1v) is 5.19. The molecule has 0 fully saturated rings. The van der Waals surface area contributed by atoms with Crippen molar-refractivity contribution in [1.29, 1.82) is 0 Å². The van der Waals surface area contributed by atoms with Gasteiger partial charge in [0.2, 0.25) is 5.82 Å². The lowest BCUT2D eigenvalue weighted by molar-refractivity contribution is 0.0584. The number of esters is 1. The van der Waals surface area contributed by atoms with Gasteiger partial charge in [-0.2, -0.15) is 0 Å². The van der Waals surface area contributed by atoms with Crippen LogP contribution in [0.4, 0.5) is 0 Å². The number of aromatic nitrogens is 3. The summed E-state index contributed by atoms with van der Waals surface area (Å²) in [6.07, 6.45) is 3.34. The first-order valence-electron chi connectivity index (χ1n) is 5.19. The molecule has 2 aromatic heterocycles. The van der Waals surface area contributed by atoms with Gasteiger partial charge in [0, 0.05) is 17.6 Å². The molecule has 2 rings (SSSR count). The van der Waals surface area contributed by atoms with Gasteiger partial charge in [0.25, 0.3) is 0 Å². The average Bonchev–Trinajstić information content (AvgIpc) is 2.71. The molecule has 0 aliphatic carbocycles. The monoisotopic (exact) mass is 231 g/mol. The van der Waals surface area contributed by atoms with Crippen molar-refractivity contribution < 1.29 is 9.53 Å². The molecule has 2 heterocycles. The molecule has 0 saturated carbocycles. The molecule has 0 bridgehead atoms. The van der Waals surface area contributed by atoms with E-state index in [2.05, 4.69) is 9.97 Å². The predicted molar refractivity (Wildman–Crippen MR) is 62.2 cm³/mol. The largest absolute Gasteiger partial charge is 0.463 e. The molecule has 0 N–H and O–H groups in total. The summed E-state index contributed by atoms with van der Waals surface area (Å²) in [5.41, 5.74) is 2.58. The van der Waals surface area contributed by atoms with Gasteiger partial charge in [-0.1, -0.05) is 0 Å². The minimum Gasteiger partial charge on any atom is -0.463 e. The van der Waals surface area contributed by atoms with E-state index >= 15 is 0 Å². The molecule has 0 amide bonds. The number of nitrogens with zero attached hydrogens (tertiary/aromatic N) is 3. The maximum atomic E-state index is 11.6. The fourth-order valence-electron chi connectivity index (χ4n) is 1.59. The van der Waals surface area contributed by atoms with Gasteiger partial charge in [-0.15, -0.1) is 0 Å². The smallest absolute Gasteiger partial charge is 0.374 e. The number of ether oxygens (including phenoxy) is 1. The van der Waals surface area contributed by atoms with Crippen LogP contribution in [0.15, 0.2) is 24.5 Å². The van der Waals surface area contributed by atoms with Crippen LogP contribution in [0, 0.1) is 13.8 Å². The molecule has 17 heavy (non-hydrogen) atoms. The summed E-state index contributed by atoms with van der Waals surface area (Å²) < 4.78 is 6.41. The highest BCUT2D eigenvalue weighted by Gasteiger charge is 2.16. The quantitative estimate of drug-likeness (QED) is 0.738. The standard InChI is InChI=1S/C12H13N3O2/c1-8-4-5-10(7-13-8)15-9(2)6-14-11(15)12(16)17-3/h4-7H,1-3H3. The molecule has 0 aliphatic heterocycles. The van der Waals surface area contributed by atoms with Crippen LogP contribution in [0.5, 0.6) is 0 Å². The molecule has 0 aromatic carbocycles. The normalized spacial score (nSPS) is 10.3. The van der Waals surface area contributed by atoms with Crippen LogP contribution in [0.25, 0.3) is 5.69 Å². The number of aryl methyl sites for hydroxylation is 2. The van der Waals surface area contributed by atoms with Crippen LogP contribution >= 0.6 is 0 Å². The van der Waals surface area contributed by atoms with E-state index in [9.17, 15) is 4.79 Å². The minimum atomic E-state index is -0.460. The molecule has 5 heteroatoms. The van der Waals surface area contributed by atoms with Crippen LogP contribution in [0.3, 0.4) is 0 Å². The zero-order valence-electron chi connectivity index (χ0n) is 9.97. The Kier molecular flexibility index (Phi) is 2.91. The number of carbonyl (C=O) groups is 1. The molecule has 5 nitrogen and oxygen atoms in total. The summed E-state index contributed by atoms with van der Waals surface area (Å²) in [7, 11) is 1.34. The fraction of sp³-hybridized carbons (Fsp3) is 0.250. The summed E-state index contributed by atoms with van der Waals surface area (Å²) in [5.74, 6) is -0.200. The van der Waals surface area contributed by atoms with E-state index in [0.717, 1.165) is 17.1 Å². The molecule has 88 valence electrons. The first kappa shape index (κ1) is 11.3. The average molecular weight is 231 g/mol. The van der Waals surface area contributed by atoms with E-state index in [0.29, 0.717) is 0 Å². The number of methoxy groups -OCH3 is 1. The summed E-state index contributed by atoms with van der Waals surface area (Å²) in [5, 5.41) is 0. The number of imidazole rings is 1. The third-order valence-electron chi connectivity index (χ3n) is 2.46. The van der Waals surface area contributed by atoms with Crippen molar-refractivity contribution in [3.8, 4) is 5.69 Å². The number of hydrogen-bond acceptors (Lipinski definition) is 4. The molecule has 2 aromatic rings. The van der Waals surface area contributed by atoms with Crippen LogP contribution in [-0.4, -0.2) is 27.6 Å². The Morgan fingerprint density at radius 2 is 2.00 bits per heavy atom. The van der Waals surface area contributed by atoms with Gasteiger partial charge in [-0.3, -0.25) is 9.55 Å². The van der Waals surface area contributed by atoms with Gasteiger partial charge in [0.15, 0.2) is 0 Å². The Balaban J connectivity index is 2.54. The summed E-state index contributed by atoms with van der Waals surface area (Å²) in [6.45, 7) is 3.78. The minimum absolute atomic E-state index is 0.260. The lowest BCUT2D eigenvalue weighted by Crippen LogP contribution is -2.11. The Morgan fingerprint density at radius 3 is 2.59 bits per heavy atom. The van der Waals surface area contributed by atoms with Crippen molar-refractivity contribution >= 4 is 5.97 Å². The van der Waals surface area contributed by atoms with Gasteiger partial charge >= 0.3 is 5.97 Å². The van der Waals surface area contributed by atoms with Crippen molar-refractivity contribution in [2.75, 3.05) is 7.11 Å². The van der Waals surface area contributed by atoms with Crippen LogP contribution in [-0.2, 0) is 4.74 Å². The van der Waals surface area contributed by atoms with Gasteiger partial charge in [-0.25, -0.2) is 9.78 Å². The maximum Gasteiger partial charge on any atom is 0.374 e. The third kappa shape index (κ3) is 2.04. The van der Waals surface area contributed by atoms with Crippen molar-refractivity contribution in [1.82, 2.24) is 14.5 Å². The number of hydrogen-bond donors (Lipinski definition) is 0. The van der Waals surface area contributed by atoms with E-state index in [-0.39, 0.29) is 5.82 Å². The van der Waals surface area contributed by atoms with E-state index < -0.39 is 5.97 Å². The second-order valence-electron chi connectivity index (χ2n) is 3.71. The van der Waals surface area contributed by atoms with Gasteiger partial charge in [0.05, 0.1) is 19.0 Å². The Morgan fingerprint density at radius 1 is 1.24 bits per heavy atom. The zero-order chi connectivity index (χ0) is 12.4. The Hall–Kier alpha value is -2.17. The first-order chi connectivity index (χ1) is 8.13. The topological polar surface area (TPSA) is 57.0 Å². The second-order valence-corrected chi connectivity index (χ2v) is 3.71. The fourth-order valence-corrected chi connectivity index (χ4v) is 1.59. The highest BCUT2D eigenvalue weighted by molar-refractivity contribution is 5.86. The number of pyridine rings is 1. The summed E-state index contributed by atoms with van der Waals surface area (Å²) in [4.78, 5) is 19.8. The van der Waals surface area contributed by atoms with Crippen molar-refractivity contribution in [2.45, 2.75) is 13.8 Å². The van der Waals surface area contributed by atoms with E-state index in [1.54, 1.807) is 17.0 Å². The Labute approximate surface area is 99.1 Å². The van der Waals surface area contributed by atoms with Crippen LogP contribution in [0.2, 0.25) is 0 Å². The SMILES string of the molecule is COC(=O)c1ncc(C)n1-c1ccc(C)nc1. The van der Waals surface area contributed by atoms with Crippen molar-refractivity contribution in [3.63, 3.8) is 0 Å². The van der Waals surface area contributed by atoms with Gasteiger partial charge in [0.1, 0.15) is 0 Å². The second kappa shape index (κ2) is 4.37. The molecule has 0 saturated heterocycles. The molecule has 0 atom stereocenters. The molecule has 0 unspecified atom stereocenters. The molecular weight excluding hydrogens is 218 g/mol. The van der Waals surface area contributed by atoms with Crippen molar-refractivity contribution in [2.24, 2.45) is 0 Å². The lowest BCUT2D eigenvalue weighted by Gasteiger charge is -2.08. The van der Waals surface area contributed by atoms with E-state index in [4.69, 9.17) is 4.74 Å².